The molecule has 1 heterocycles. The largest absolute Gasteiger partial charge is 0.484 e. The van der Waals surface area contributed by atoms with Crippen molar-refractivity contribution >= 4 is 11.6 Å². The normalized spacial score (nSPS) is 12.4. The van der Waals surface area contributed by atoms with Gasteiger partial charge in [0.1, 0.15) is 18.2 Å². The van der Waals surface area contributed by atoms with Crippen molar-refractivity contribution in [3.63, 3.8) is 0 Å². The molecule has 0 amide bonds. The van der Waals surface area contributed by atoms with Crippen LogP contribution in [0.25, 0.3) is 0 Å². The van der Waals surface area contributed by atoms with Crippen LogP contribution < -0.4 is 10.5 Å². The summed E-state index contributed by atoms with van der Waals surface area (Å²) >= 11 is 6.18. The fourth-order valence-electron chi connectivity index (χ4n) is 1.83. The molecule has 0 aliphatic rings. The summed E-state index contributed by atoms with van der Waals surface area (Å²) < 4.78 is 7.73. The number of benzene rings is 1. The monoisotopic (exact) mass is 279 g/mol. The Morgan fingerprint density at radius 2 is 2.26 bits per heavy atom. The van der Waals surface area contributed by atoms with Crippen LogP contribution in [0.1, 0.15) is 31.3 Å². The van der Waals surface area contributed by atoms with E-state index in [1.807, 2.05) is 35.9 Å². The van der Waals surface area contributed by atoms with E-state index in [0.29, 0.717) is 17.4 Å². The Kier molecular flexibility index (Phi) is 4.45. The molecule has 0 spiro atoms. The molecule has 0 aliphatic heterocycles. The van der Waals surface area contributed by atoms with Crippen molar-refractivity contribution < 1.29 is 4.74 Å². The minimum absolute atomic E-state index is 0.0365. The van der Waals surface area contributed by atoms with E-state index in [0.717, 1.165) is 17.9 Å². The van der Waals surface area contributed by atoms with Crippen molar-refractivity contribution in [3.05, 3.63) is 47.0 Å². The molecule has 1 atom stereocenters. The Bertz CT molecular complexity index is 551. The average Bonchev–Trinajstić information content (AvgIpc) is 2.84. The second kappa shape index (κ2) is 6.08. The van der Waals surface area contributed by atoms with Gasteiger partial charge in [0.05, 0.1) is 5.02 Å². The molecule has 0 radical (unpaired) electrons. The lowest BCUT2D eigenvalue weighted by atomic mass is 10.1. The third-order valence-corrected chi connectivity index (χ3v) is 3.28. The van der Waals surface area contributed by atoms with Crippen molar-refractivity contribution in [1.29, 1.82) is 0 Å². The molecule has 4 nitrogen and oxygen atoms in total. The number of imidazole rings is 1. The first-order chi connectivity index (χ1) is 9.11. The standard InChI is InChI=1S/C14H18ClN3O/c1-3-18-7-6-17-14(18)9-19-13-5-4-11(10(2)16)8-12(13)15/h4-8,10H,3,9,16H2,1-2H3/t10-/m0/s1. The molecule has 0 bridgehead atoms. The molecule has 2 rings (SSSR count). The number of aryl methyl sites for hydroxylation is 1. The maximum atomic E-state index is 6.18. The van der Waals surface area contributed by atoms with E-state index in [1.165, 1.54) is 0 Å². The number of hydrogen-bond acceptors (Lipinski definition) is 3. The van der Waals surface area contributed by atoms with Crippen LogP contribution in [0.3, 0.4) is 0 Å². The van der Waals surface area contributed by atoms with Crippen LogP contribution in [0.15, 0.2) is 30.6 Å². The van der Waals surface area contributed by atoms with E-state index in [4.69, 9.17) is 22.1 Å². The van der Waals surface area contributed by atoms with E-state index >= 15 is 0 Å². The maximum Gasteiger partial charge on any atom is 0.146 e. The van der Waals surface area contributed by atoms with Gasteiger partial charge in [0.15, 0.2) is 0 Å². The quantitative estimate of drug-likeness (QED) is 0.915. The molecule has 19 heavy (non-hydrogen) atoms. The van der Waals surface area contributed by atoms with Gasteiger partial charge in [0.25, 0.3) is 0 Å². The number of hydrogen-bond donors (Lipinski definition) is 1. The number of ether oxygens (including phenoxy) is 1. The van der Waals surface area contributed by atoms with Crippen LogP contribution >= 0.6 is 11.6 Å². The minimum Gasteiger partial charge on any atom is -0.484 e. The lowest BCUT2D eigenvalue weighted by molar-refractivity contribution is 0.290. The number of rotatable bonds is 5. The summed E-state index contributed by atoms with van der Waals surface area (Å²) in [4.78, 5) is 4.25. The van der Waals surface area contributed by atoms with Crippen LogP contribution in [-0.2, 0) is 13.2 Å². The third kappa shape index (κ3) is 3.28. The minimum atomic E-state index is -0.0365. The molecule has 2 N–H and O–H groups in total. The zero-order chi connectivity index (χ0) is 13.8. The Balaban J connectivity index is 2.08. The van der Waals surface area contributed by atoms with Gasteiger partial charge in [-0.3, -0.25) is 0 Å². The second-order valence-electron chi connectivity index (χ2n) is 4.40. The zero-order valence-electron chi connectivity index (χ0n) is 11.1. The number of nitrogens with two attached hydrogens (primary N) is 1. The highest BCUT2D eigenvalue weighted by Gasteiger charge is 2.08. The molecule has 1 aromatic carbocycles. The van der Waals surface area contributed by atoms with Crippen molar-refractivity contribution in [2.24, 2.45) is 5.73 Å². The summed E-state index contributed by atoms with van der Waals surface area (Å²) in [7, 11) is 0. The van der Waals surface area contributed by atoms with Crippen LogP contribution in [0, 0.1) is 0 Å². The van der Waals surface area contributed by atoms with Gasteiger partial charge in [0.2, 0.25) is 0 Å². The first kappa shape index (κ1) is 13.9. The Morgan fingerprint density at radius 3 is 2.89 bits per heavy atom. The fraction of sp³-hybridized carbons (Fsp3) is 0.357. The van der Waals surface area contributed by atoms with E-state index < -0.39 is 0 Å². The summed E-state index contributed by atoms with van der Waals surface area (Å²) in [5, 5.41) is 0.574. The smallest absolute Gasteiger partial charge is 0.146 e. The second-order valence-corrected chi connectivity index (χ2v) is 4.80. The lowest BCUT2D eigenvalue weighted by Crippen LogP contribution is -2.07. The summed E-state index contributed by atoms with van der Waals surface area (Å²) in [6, 6.07) is 5.58. The van der Waals surface area contributed by atoms with Gasteiger partial charge in [-0.25, -0.2) is 4.98 Å². The third-order valence-electron chi connectivity index (χ3n) is 2.98. The average molecular weight is 280 g/mol. The molecule has 102 valence electrons. The number of nitrogens with zero attached hydrogens (tertiary/aromatic N) is 2. The topological polar surface area (TPSA) is 53.1 Å². The first-order valence-electron chi connectivity index (χ1n) is 6.29. The first-order valence-corrected chi connectivity index (χ1v) is 6.67. The van der Waals surface area contributed by atoms with E-state index in [2.05, 4.69) is 11.9 Å². The molecule has 0 aliphatic carbocycles. The summed E-state index contributed by atoms with van der Waals surface area (Å²) in [5.74, 6) is 1.53. The molecule has 2 aromatic rings. The van der Waals surface area contributed by atoms with Crippen molar-refractivity contribution in [2.75, 3.05) is 0 Å². The Hall–Kier alpha value is -1.52. The summed E-state index contributed by atoms with van der Waals surface area (Å²) in [6.45, 7) is 5.26. The zero-order valence-corrected chi connectivity index (χ0v) is 11.9. The van der Waals surface area contributed by atoms with Crippen LogP contribution in [0.4, 0.5) is 0 Å². The van der Waals surface area contributed by atoms with Crippen molar-refractivity contribution in [1.82, 2.24) is 9.55 Å². The van der Waals surface area contributed by atoms with Gasteiger partial charge in [-0.15, -0.1) is 0 Å². The Labute approximate surface area is 118 Å². The highest BCUT2D eigenvalue weighted by Crippen LogP contribution is 2.27. The van der Waals surface area contributed by atoms with E-state index in [9.17, 15) is 0 Å². The predicted octanol–water partition coefficient (Wildman–Crippen LogP) is 3.16. The van der Waals surface area contributed by atoms with Crippen LogP contribution in [0.2, 0.25) is 5.02 Å². The molecule has 0 saturated carbocycles. The van der Waals surface area contributed by atoms with E-state index in [1.54, 1.807) is 6.20 Å². The molecule has 0 fully saturated rings. The van der Waals surface area contributed by atoms with Gasteiger partial charge in [-0.1, -0.05) is 17.7 Å². The van der Waals surface area contributed by atoms with Gasteiger partial charge >= 0.3 is 0 Å². The highest BCUT2D eigenvalue weighted by atomic mass is 35.5. The predicted molar refractivity (Wildman–Crippen MR) is 76.3 cm³/mol. The van der Waals surface area contributed by atoms with Crippen LogP contribution in [-0.4, -0.2) is 9.55 Å². The van der Waals surface area contributed by atoms with Gasteiger partial charge < -0.3 is 15.0 Å². The molecule has 0 unspecified atom stereocenters. The highest BCUT2D eigenvalue weighted by molar-refractivity contribution is 6.32. The molecule has 0 saturated heterocycles. The summed E-state index contributed by atoms with van der Waals surface area (Å²) in [6.07, 6.45) is 3.70. The number of halogens is 1. The SMILES string of the molecule is CCn1ccnc1COc1ccc([C@H](C)N)cc1Cl. The van der Waals surface area contributed by atoms with Crippen molar-refractivity contribution in [2.45, 2.75) is 33.0 Å². The molecule has 1 aromatic heterocycles. The van der Waals surface area contributed by atoms with Gasteiger partial charge in [-0.05, 0) is 31.5 Å². The molecule has 5 heteroatoms. The summed E-state index contributed by atoms with van der Waals surface area (Å²) in [5.41, 5.74) is 6.80. The number of aromatic nitrogens is 2. The lowest BCUT2D eigenvalue weighted by Gasteiger charge is -2.11. The van der Waals surface area contributed by atoms with Gasteiger partial charge in [-0.2, -0.15) is 0 Å². The fourth-order valence-corrected chi connectivity index (χ4v) is 2.07. The molecular weight excluding hydrogens is 262 g/mol. The van der Waals surface area contributed by atoms with E-state index in [-0.39, 0.29) is 6.04 Å². The van der Waals surface area contributed by atoms with Crippen molar-refractivity contribution in [3.8, 4) is 5.75 Å². The maximum absolute atomic E-state index is 6.18. The Morgan fingerprint density at radius 1 is 1.47 bits per heavy atom. The van der Waals surface area contributed by atoms with Crippen LogP contribution in [0.5, 0.6) is 5.75 Å². The molecular formula is C14H18ClN3O. The van der Waals surface area contributed by atoms with Gasteiger partial charge in [0, 0.05) is 25.0 Å².